The number of hydrogen-bond acceptors (Lipinski definition) is 4. The van der Waals surface area contributed by atoms with Crippen LogP contribution in [0.5, 0.6) is 5.75 Å². The van der Waals surface area contributed by atoms with Crippen molar-refractivity contribution < 1.29 is 14.9 Å². The van der Waals surface area contributed by atoms with Crippen molar-refractivity contribution in [1.82, 2.24) is 4.90 Å². The number of aliphatic hydroxyl groups is 2. The fourth-order valence-electron chi connectivity index (χ4n) is 2.72. The molecule has 0 aromatic heterocycles. The number of ether oxygens (including phenoxy) is 1. The molecule has 1 saturated heterocycles. The Kier molecular flexibility index (Phi) is 6.06. The van der Waals surface area contributed by atoms with Gasteiger partial charge in [-0.1, -0.05) is 18.8 Å². The van der Waals surface area contributed by atoms with E-state index in [9.17, 15) is 5.11 Å². The molecule has 1 heterocycles. The zero-order valence-corrected chi connectivity index (χ0v) is 12.5. The van der Waals surface area contributed by atoms with Gasteiger partial charge in [0.15, 0.2) is 0 Å². The molecule has 2 unspecified atom stereocenters. The van der Waals surface area contributed by atoms with E-state index in [0.29, 0.717) is 12.5 Å². The van der Waals surface area contributed by atoms with Gasteiger partial charge in [0.1, 0.15) is 19.0 Å². The Morgan fingerprint density at radius 2 is 2.05 bits per heavy atom. The summed E-state index contributed by atoms with van der Waals surface area (Å²) >= 11 is 0. The second-order valence-electron chi connectivity index (χ2n) is 5.38. The molecule has 1 aromatic rings. The molecule has 0 aliphatic carbocycles. The summed E-state index contributed by atoms with van der Waals surface area (Å²) in [7, 11) is 0. The number of benzene rings is 1. The lowest BCUT2D eigenvalue weighted by molar-refractivity contribution is 0.123. The van der Waals surface area contributed by atoms with Gasteiger partial charge < -0.3 is 14.9 Å². The Labute approximate surface area is 126 Å². The molecule has 2 N–H and O–H groups in total. The fraction of sp³-hybridized carbons (Fsp3) is 0.529. The molecular formula is C17H23NO3. The van der Waals surface area contributed by atoms with Gasteiger partial charge in [0.2, 0.25) is 0 Å². The van der Waals surface area contributed by atoms with Crippen molar-refractivity contribution in [2.75, 3.05) is 32.9 Å². The Morgan fingerprint density at radius 3 is 2.71 bits per heavy atom. The third-order valence-electron chi connectivity index (χ3n) is 4.00. The lowest BCUT2D eigenvalue weighted by atomic mass is 10.0. The van der Waals surface area contributed by atoms with E-state index in [2.05, 4.69) is 23.7 Å². The molecule has 1 aliphatic heterocycles. The molecule has 4 heteroatoms. The molecule has 0 saturated carbocycles. The minimum Gasteiger partial charge on any atom is -0.492 e. The Balaban J connectivity index is 1.78. The van der Waals surface area contributed by atoms with Gasteiger partial charge in [-0.15, -0.1) is 0 Å². The molecule has 0 spiro atoms. The summed E-state index contributed by atoms with van der Waals surface area (Å²) in [5.41, 5.74) is 0.866. The maximum absolute atomic E-state index is 9.41. The van der Waals surface area contributed by atoms with Crippen LogP contribution < -0.4 is 4.74 Å². The Bertz CT molecular complexity index is 489. The summed E-state index contributed by atoms with van der Waals surface area (Å²) in [6, 6.07) is 7.80. The lowest BCUT2D eigenvalue weighted by Crippen LogP contribution is -2.37. The summed E-state index contributed by atoms with van der Waals surface area (Å²) in [5.74, 6) is 6.84. The first-order valence-electron chi connectivity index (χ1n) is 7.42. The molecule has 1 aliphatic rings. The van der Waals surface area contributed by atoms with E-state index in [1.54, 1.807) is 0 Å². The Morgan fingerprint density at radius 1 is 1.29 bits per heavy atom. The maximum Gasteiger partial charge on any atom is 0.119 e. The van der Waals surface area contributed by atoms with E-state index in [0.717, 1.165) is 30.8 Å². The Hall–Kier alpha value is -1.54. The maximum atomic E-state index is 9.41. The van der Waals surface area contributed by atoms with Crippen LogP contribution in [-0.4, -0.2) is 54.1 Å². The molecule has 2 atom stereocenters. The quantitative estimate of drug-likeness (QED) is 0.798. The minimum absolute atomic E-state index is 0.126. The third kappa shape index (κ3) is 4.47. The molecule has 2 rings (SSSR count). The van der Waals surface area contributed by atoms with E-state index in [1.165, 1.54) is 0 Å². The van der Waals surface area contributed by atoms with Crippen molar-refractivity contribution in [3.8, 4) is 17.6 Å². The highest BCUT2D eigenvalue weighted by Crippen LogP contribution is 2.23. The highest BCUT2D eigenvalue weighted by molar-refractivity contribution is 5.38. The van der Waals surface area contributed by atoms with Crippen LogP contribution in [-0.2, 0) is 0 Å². The molecule has 114 valence electrons. The first kappa shape index (κ1) is 15.8. The zero-order valence-electron chi connectivity index (χ0n) is 12.5. The van der Waals surface area contributed by atoms with Crippen LogP contribution in [0.3, 0.4) is 0 Å². The zero-order chi connectivity index (χ0) is 15.1. The fourth-order valence-corrected chi connectivity index (χ4v) is 2.72. The predicted molar refractivity (Wildman–Crippen MR) is 82.1 cm³/mol. The van der Waals surface area contributed by atoms with E-state index in [-0.39, 0.29) is 19.3 Å². The average molecular weight is 289 g/mol. The first-order valence-corrected chi connectivity index (χ1v) is 7.42. The normalized spacial score (nSPS) is 21.9. The van der Waals surface area contributed by atoms with E-state index >= 15 is 0 Å². The minimum atomic E-state index is -0.126. The van der Waals surface area contributed by atoms with Gasteiger partial charge in [-0.3, -0.25) is 4.90 Å². The summed E-state index contributed by atoms with van der Waals surface area (Å²) in [4.78, 5) is 2.30. The van der Waals surface area contributed by atoms with Gasteiger partial charge in [0, 0.05) is 18.2 Å². The number of nitrogens with zero attached hydrogens (tertiary/aromatic N) is 1. The summed E-state index contributed by atoms with van der Waals surface area (Å²) in [6.07, 6.45) is 1.14. The van der Waals surface area contributed by atoms with Crippen LogP contribution in [0.15, 0.2) is 24.3 Å². The largest absolute Gasteiger partial charge is 0.492 e. The second-order valence-corrected chi connectivity index (χ2v) is 5.38. The van der Waals surface area contributed by atoms with Crippen LogP contribution in [0.4, 0.5) is 0 Å². The van der Waals surface area contributed by atoms with Crippen molar-refractivity contribution in [3.63, 3.8) is 0 Å². The van der Waals surface area contributed by atoms with Crippen LogP contribution in [0.25, 0.3) is 0 Å². The molecular weight excluding hydrogens is 266 g/mol. The van der Waals surface area contributed by atoms with Gasteiger partial charge in [0.25, 0.3) is 0 Å². The van der Waals surface area contributed by atoms with E-state index < -0.39 is 0 Å². The van der Waals surface area contributed by atoms with Gasteiger partial charge in [-0.2, -0.15) is 0 Å². The van der Waals surface area contributed by atoms with Crippen LogP contribution >= 0.6 is 0 Å². The summed E-state index contributed by atoms with van der Waals surface area (Å²) in [6.45, 7) is 4.77. The van der Waals surface area contributed by atoms with Crippen molar-refractivity contribution in [3.05, 3.63) is 29.8 Å². The van der Waals surface area contributed by atoms with Crippen LogP contribution in [0.2, 0.25) is 0 Å². The third-order valence-corrected chi connectivity index (χ3v) is 4.00. The van der Waals surface area contributed by atoms with Gasteiger partial charge in [-0.25, -0.2) is 0 Å². The monoisotopic (exact) mass is 289 g/mol. The van der Waals surface area contributed by atoms with Gasteiger partial charge >= 0.3 is 0 Å². The highest BCUT2D eigenvalue weighted by atomic mass is 16.5. The van der Waals surface area contributed by atoms with E-state index in [4.69, 9.17) is 9.84 Å². The van der Waals surface area contributed by atoms with Crippen molar-refractivity contribution in [2.45, 2.75) is 19.4 Å². The standard InChI is InChI=1S/C17H23NO3/c1-14-8-9-18(17(14)13-20)10-12-21-16-6-4-15(5-7-16)3-2-11-19/h4-7,14,17,19-20H,8-13H2,1H3. The number of likely N-dealkylation sites (tertiary alicyclic amines) is 1. The lowest BCUT2D eigenvalue weighted by Gasteiger charge is -2.24. The highest BCUT2D eigenvalue weighted by Gasteiger charge is 2.29. The predicted octanol–water partition coefficient (Wildman–Crippen LogP) is 1.11. The van der Waals surface area contributed by atoms with Crippen molar-refractivity contribution >= 4 is 0 Å². The summed E-state index contributed by atoms with van der Waals surface area (Å²) in [5, 5.41) is 18.1. The van der Waals surface area contributed by atoms with Crippen LogP contribution in [0.1, 0.15) is 18.9 Å². The van der Waals surface area contributed by atoms with Gasteiger partial charge in [0.05, 0.1) is 6.61 Å². The first-order chi connectivity index (χ1) is 10.2. The smallest absolute Gasteiger partial charge is 0.119 e. The molecule has 4 nitrogen and oxygen atoms in total. The SMILES string of the molecule is CC1CCN(CCOc2ccc(C#CCO)cc2)C1CO. The average Bonchev–Trinajstić information content (AvgIpc) is 2.86. The molecule has 1 fully saturated rings. The van der Waals surface area contributed by atoms with Crippen molar-refractivity contribution in [1.29, 1.82) is 0 Å². The number of aliphatic hydroxyl groups excluding tert-OH is 2. The van der Waals surface area contributed by atoms with Gasteiger partial charge in [-0.05, 0) is 43.1 Å². The summed E-state index contributed by atoms with van der Waals surface area (Å²) < 4.78 is 5.73. The number of hydrogen-bond donors (Lipinski definition) is 2. The van der Waals surface area contributed by atoms with Crippen LogP contribution in [0, 0.1) is 17.8 Å². The second kappa shape index (κ2) is 8.04. The molecule has 0 radical (unpaired) electrons. The molecule has 0 bridgehead atoms. The molecule has 1 aromatic carbocycles. The van der Waals surface area contributed by atoms with Crippen molar-refractivity contribution in [2.24, 2.45) is 5.92 Å². The molecule has 0 amide bonds. The topological polar surface area (TPSA) is 52.9 Å². The molecule has 21 heavy (non-hydrogen) atoms. The van der Waals surface area contributed by atoms with E-state index in [1.807, 2.05) is 24.3 Å². The number of rotatable bonds is 5.